The summed E-state index contributed by atoms with van der Waals surface area (Å²) < 4.78 is 0. The van der Waals surface area contributed by atoms with E-state index in [1.807, 2.05) is 18.5 Å². The monoisotopic (exact) mass is 309 g/mol. The first-order chi connectivity index (χ1) is 11.3. The molecule has 1 N–H and O–H groups in total. The van der Waals surface area contributed by atoms with Crippen LogP contribution in [0, 0.1) is 0 Å². The highest BCUT2D eigenvalue weighted by molar-refractivity contribution is 5.36. The van der Waals surface area contributed by atoms with Crippen molar-refractivity contribution in [2.24, 2.45) is 0 Å². The van der Waals surface area contributed by atoms with Crippen LogP contribution in [0.3, 0.4) is 0 Å². The van der Waals surface area contributed by atoms with E-state index in [-0.39, 0.29) is 12.1 Å². The third-order valence-corrected chi connectivity index (χ3v) is 5.20. The summed E-state index contributed by atoms with van der Waals surface area (Å²) in [6.07, 6.45) is 4.36. The molecule has 2 heterocycles. The fourth-order valence-corrected chi connectivity index (χ4v) is 3.88. The molecule has 1 aliphatic heterocycles. The second kappa shape index (κ2) is 6.40. The molecule has 1 aliphatic carbocycles. The highest BCUT2D eigenvalue weighted by Crippen LogP contribution is 2.34. The topological polar surface area (TPSA) is 39.6 Å². The molecule has 23 heavy (non-hydrogen) atoms. The van der Waals surface area contributed by atoms with Crippen molar-refractivity contribution in [1.82, 2.24) is 14.8 Å². The Kier molecular flexibility index (Phi) is 4.12. The van der Waals surface area contributed by atoms with Crippen molar-refractivity contribution in [3.63, 3.8) is 0 Å². The summed E-state index contributed by atoms with van der Waals surface area (Å²) in [5.41, 5.74) is 3.75. The number of nitrogens with zero attached hydrogens (tertiary/aromatic N) is 3. The number of aromatic nitrogens is 1. The smallest absolute Gasteiger partial charge is 0.0951 e. The zero-order chi connectivity index (χ0) is 15.6. The molecule has 2 atom stereocenters. The minimum Gasteiger partial charge on any atom is -0.387 e. The Morgan fingerprint density at radius 3 is 2.48 bits per heavy atom. The van der Waals surface area contributed by atoms with Crippen LogP contribution >= 0.6 is 0 Å². The molecule has 4 heteroatoms. The number of rotatable bonds is 3. The van der Waals surface area contributed by atoms with Gasteiger partial charge in [-0.3, -0.25) is 14.8 Å². The van der Waals surface area contributed by atoms with Gasteiger partial charge in [-0.05, 0) is 35.2 Å². The summed E-state index contributed by atoms with van der Waals surface area (Å²) in [4.78, 5) is 9.03. The van der Waals surface area contributed by atoms with Gasteiger partial charge in [0.05, 0.1) is 6.10 Å². The Morgan fingerprint density at radius 2 is 1.74 bits per heavy atom. The zero-order valence-electron chi connectivity index (χ0n) is 13.3. The number of pyridine rings is 1. The molecule has 0 amide bonds. The van der Waals surface area contributed by atoms with Crippen LogP contribution in [0.25, 0.3) is 0 Å². The van der Waals surface area contributed by atoms with Crippen LogP contribution in [-0.2, 0) is 13.0 Å². The lowest BCUT2D eigenvalue weighted by molar-refractivity contribution is 0.0258. The van der Waals surface area contributed by atoms with Gasteiger partial charge in [0.25, 0.3) is 0 Å². The van der Waals surface area contributed by atoms with Gasteiger partial charge in [0.15, 0.2) is 0 Å². The summed E-state index contributed by atoms with van der Waals surface area (Å²) in [7, 11) is 0. The Bertz CT molecular complexity index is 653. The summed E-state index contributed by atoms with van der Waals surface area (Å²) in [6.45, 7) is 5.16. The quantitative estimate of drug-likeness (QED) is 0.939. The van der Waals surface area contributed by atoms with Crippen LogP contribution in [0.2, 0.25) is 0 Å². The molecular weight excluding hydrogens is 286 g/mol. The highest BCUT2D eigenvalue weighted by Gasteiger charge is 2.35. The number of piperazine rings is 1. The van der Waals surface area contributed by atoms with Gasteiger partial charge in [-0.1, -0.05) is 24.3 Å². The normalized spacial score (nSPS) is 25.4. The van der Waals surface area contributed by atoms with Crippen LogP contribution in [0.5, 0.6) is 0 Å². The SMILES string of the molecule is OC1c2ccccc2CC1N1CCN(Cc2ccncc2)CC1. The third kappa shape index (κ3) is 3.02. The summed E-state index contributed by atoms with van der Waals surface area (Å²) in [5, 5.41) is 10.6. The van der Waals surface area contributed by atoms with Crippen LogP contribution < -0.4 is 0 Å². The lowest BCUT2D eigenvalue weighted by Gasteiger charge is -2.39. The number of fused-ring (bicyclic) bond motifs is 1. The van der Waals surface area contributed by atoms with Crippen molar-refractivity contribution in [2.75, 3.05) is 26.2 Å². The molecule has 0 spiro atoms. The molecule has 2 aliphatic rings. The van der Waals surface area contributed by atoms with Gasteiger partial charge in [0, 0.05) is 51.2 Å². The number of benzene rings is 1. The first-order valence-corrected chi connectivity index (χ1v) is 8.42. The molecule has 4 rings (SSSR count). The largest absolute Gasteiger partial charge is 0.387 e. The number of hydrogen-bond acceptors (Lipinski definition) is 4. The van der Waals surface area contributed by atoms with Crippen LogP contribution in [0.1, 0.15) is 22.8 Å². The van der Waals surface area contributed by atoms with Gasteiger partial charge in [-0.15, -0.1) is 0 Å². The predicted octanol–water partition coefficient (Wildman–Crippen LogP) is 1.86. The standard InChI is InChI=1S/C19H23N3O/c23-19-17-4-2-1-3-16(17)13-18(19)22-11-9-21(10-12-22)14-15-5-7-20-8-6-15/h1-8,18-19,23H,9-14H2. The van der Waals surface area contributed by atoms with Crippen molar-refractivity contribution in [2.45, 2.75) is 25.1 Å². The van der Waals surface area contributed by atoms with E-state index in [1.54, 1.807) is 0 Å². The van der Waals surface area contributed by atoms with Gasteiger partial charge in [-0.2, -0.15) is 0 Å². The van der Waals surface area contributed by atoms with Crippen molar-refractivity contribution in [1.29, 1.82) is 0 Å². The van der Waals surface area contributed by atoms with Crippen molar-refractivity contribution in [3.8, 4) is 0 Å². The predicted molar refractivity (Wildman–Crippen MR) is 90.0 cm³/mol. The fourth-order valence-electron chi connectivity index (χ4n) is 3.88. The van der Waals surface area contributed by atoms with Gasteiger partial charge in [-0.25, -0.2) is 0 Å². The van der Waals surface area contributed by atoms with Crippen LogP contribution in [0.4, 0.5) is 0 Å². The summed E-state index contributed by atoms with van der Waals surface area (Å²) in [5.74, 6) is 0. The number of hydrogen-bond donors (Lipinski definition) is 1. The second-order valence-corrected chi connectivity index (χ2v) is 6.58. The average Bonchev–Trinajstić information content (AvgIpc) is 2.94. The van der Waals surface area contributed by atoms with Crippen molar-refractivity contribution >= 4 is 0 Å². The van der Waals surface area contributed by atoms with E-state index in [4.69, 9.17) is 0 Å². The molecule has 0 saturated carbocycles. The average molecular weight is 309 g/mol. The maximum atomic E-state index is 10.6. The maximum Gasteiger partial charge on any atom is 0.0951 e. The maximum absolute atomic E-state index is 10.6. The van der Waals surface area contributed by atoms with E-state index >= 15 is 0 Å². The molecule has 0 radical (unpaired) electrons. The second-order valence-electron chi connectivity index (χ2n) is 6.58. The minimum atomic E-state index is -0.335. The van der Waals surface area contributed by atoms with Gasteiger partial charge in [0.1, 0.15) is 0 Å². The van der Waals surface area contributed by atoms with E-state index in [0.29, 0.717) is 0 Å². The summed E-state index contributed by atoms with van der Waals surface area (Å²) >= 11 is 0. The number of aliphatic hydroxyl groups excluding tert-OH is 1. The molecule has 4 nitrogen and oxygen atoms in total. The van der Waals surface area contributed by atoms with E-state index < -0.39 is 0 Å². The Labute approximate surface area is 137 Å². The van der Waals surface area contributed by atoms with Crippen molar-refractivity contribution in [3.05, 3.63) is 65.5 Å². The molecule has 120 valence electrons. The Balaban J connectivity index is 1.36. The third-order valence-electron chi connectivity index (χ3n) is 5.20. The summed E-state index contributed by atoms with van der Waals surface area (Å²) in [6, 6.07) is 12.7. The molecule has 1 aromatic carbocycles. The molecular formula is C19H23N3O. The number of aliphatic hydroxyl groups is 1. The molecule has 1 saturated heterocycles. The van der Waals surface area contributed by atoms with Crippen LogP contribution in [0.15, 0.2) is 48.8 Å². The molecule has 1 fully saturated rings. The van der Waals surface area contributed by atoms with Gasteiger partial charge < -0.3 is 5.11 Å². The first kappa shape index (κ1) is 14.8. The van der Waals surface area contributed by atoms with E-state index in [9.17, 15) is 5.11 Å². The molecule has 2 aromatic rings. The lowest BCUT2D eigenvalue weighted by Crippen LogP contribution is -2.51. The molecule has 0 bridgehead atoms. The fraction of sp³-hybridized carbons (Fsp3) is 0.421. The zero-order valence-corrected chi connectivity index (χ0v) is 13.3. The molecule has 1 aromatic heterocycles. The molecule has 2 unspecified atom stereocenters. The van der Waals surface area contributed by atoms with Crippen molar-refractivity contribution < 1.29 is 5.11 Å². The van der Waals surface area contributed by atoms with E-state index in [2.05, 4.69) is 45.1 Å². The van der Waals surface area contributed by atoms with E-state index in [0.717, 1.165) is 44.7 Å². The van der Waals surface area contributed by atoms with E-state index in [1.165, 1.54) is 11.1 Å². The van der Waals surface area contributed by atoms with Gasteiger partial charge in [0.2, 0.25) is 0 Å². The van der Waals surface area contributed by atoms with Gasteiger partial charge >= 0.3 is 0 Å². The Hall–Kier alpha value is -1.75. The first-order valence-electron chi connectivity index (χ1n) is 8.42. The highest BCUT2D eigenvalue weighted by atomic mass is 16.3. The Morgan fingerprint density at radius 1 is 1.00 bits per heavy atom. The minimum absolute atomic E-state index is 0.246. The van der Waals surface area contributed by atoms with Crippen LogP contribution in [-0.4, -0.2) is 52.1 Å². The lowest BCUT2D eigenvalue weighted by atomic mass is 10.1.